The standard InChI is InChI=1S/C7H3F4IO/c8-5-3-4(12)1-2-6(5)13-7(9,10)11/h1-3H. The van der Waals surface area contributed by atoms with E-state index in [4.69, 9.17) is 0 Å². The third-order valence-electron chi connectivity index (χ3n) is 1.12. The summed E-state index contributed by atoms with van der Waals surface area (Å²) in [6.07, 6.45) is -4.85. The minimum atomic E-state index is -4.85. The Labute approximate surface area is 84.8 Å². The summed E-state index contributed by atoms with van der Waals surface area (Å²) in [7, 11) is 0. The molecule has 0 heterocycles. The van der Waals surface area contributed by atoms with Crippen molar-refractivity contribution in [3.8, 4) is 5.75 Å². The second-order valence-corrected chi connectivity index (χ2v) is 3.37. The van der Waals surface area contributed by atoms with Crippen LogP contribution in [-0.2, 0) is 0 Å². The zero-order valence-electron chi connectivity index (χ0n) is 6.03. The predicted molar refractivity (Wildman–Crippen MR) is 45.8 cm³/mol. The van der Waals surface area contributed by atoms with Crippen molar-refractivity contribution in [2.45, 2.75) is 6.36 Å². The van der Waals surface area contributed by atoms with Crippen molar-refractivity contribution in [2.75, 3.05) is 0 Å². The lowest BCUT2D eigenvalue weighted by molar-refractivity contribution is -0.275. The van der Waals surface area contributed by atoms with Crippen LogP contribution in [0.4, 0.5) is 17.6 Å². The molecule has 0 aliphatic carbocycles. The van der Waals surface area contributed by atoms with E-state index in [1.165, 1.54) is 6.07 Å². The third-order valence-corrected chi connectivity index (χ3v) is 1.79. The fourth-order valence-corrected chi connectivity index (χ4v) is 1.14. The second kappa shape index (κ2) is 3.69. The van der Waals surface area contributed by atoms with E-state index >= 15 is 0 Å². The van der Waals surface area contributed by atoms with Gasteiger partial charge in [-0.15, -0.1) is 13.2 Å². The van der Waals surface area contributed by atoms with Crippen LogP contribution >= 0.6 is 22.6 Å². The summed E-state index contributed by atoms with van der Waals surface area (Å²) >= 11 is 1.78. The van der Waals surface area contributed by atoms with Gasteiger partial charge < -0.3 is 4.74 Å². The molecule has 0 amide bonds. The average Bonchev–Trinajstić information content (AvgIpc) is 1.93. The SMILES string of the molecule is Fc1cc(I)ccc1OC(F)(F)F. The molecule has 0 saturated heterocycles. The van der Waals surface area contributed by atoms with Crippen molar-refractivity contribution in [3.63, 3.8) is 0 Å². The van der Waals surface area contributed by atoms with E-state index in [2.05, 4.69) is 4.74 Å². The molecule has 13 heavy (non-hydrogen) atoms. The Morgan fingerprint density at radius 2 is 1.85 bits per heavy atom. The largest absolute Gasteiger partial charge is 0.573 e. The molecule has 0 aromatic heterocycles. The molecule has 0 N–H and O–H groups in total. The van der Waals surface area contributed by atoms with Crippen LogP contribution in [0, 0.1) is 9.39 Å². The number of hydrogen-bond donors (Lipinski definition) is 0. The van der Waals surface area contributed by atoms with Gasteiger partial charge in [0.15, 0.2) is 11.6 Å². The molecule has 1 aromatic carbocycles. The summed E-state index contributed by atoms with van der Waals surface area (Å²) < 4.78 is 51.6. The summed E-state index contributed by atoms with van der Waals surface area (Å²) in [5.74, 6) is -1.84. The summed E-state index contributed by atoms with van der Waals surface area (Å²) in [6, 6.07) is 3.22. The van der Waals surface area contributed by atoms with Crippen LogP contribution in [0.1, 0.15) is 0 Å². The van der Waals surface area contributed by atoms with Crippen LogP contribution in [-0.4, -0.2) is 6.36 Å². The van der Waals surface area contributed by atoms with E-state index in [-0.39, 0.29) is 0 Å². The van der Waals surface area contributed by atoms with Gasteiger partial charge in [0.1, 0.15) is 0 Å². The van der Waals surface area contributed by atoms with Gasteiger partial charge in [-0.2, -0.15) is 0 Å². The first-order chi connectivity index (χ1) is 5.88. The van der Waals surface area contributed by atoms with Gasteiger partial charge in [0.05, 0.1) is 0 Å². The highest BCUT2D eigenvalue weighted by Crippen LogP contribution is 2.26. The lowest BCUT2D eigenvalue weighted by Crippen LogP contribution is -2.17. The monoisotopic (exact) mass is 306 g/mol. The number of rotatable bonds is 1. The minimum absolute atomic E-state index is 0.504. The van der Waals surface area contributed by atoms with Crippen LogP contribution in [0.3, 0.4) is 0 Å². The van der Waals surface area contributed by atoms with E-state index in [1.807, 2.05) is 0 Å². The van der Waals surface area contributed by atoms with E-state index in [1.54, 1.807) is 22.6 Å². The molecule has 1 nitrogen and oxygen atoms in total. The Hall–Kier alpha value is -0.530. The van der Waals surface area contributed by atoms with Crippen LogP contribution < -0.4 is 4.74 Å². The fourth-order valence-electron chi connectivity index (χ4n) is 0.683. The second-order valence-electron chi connectivity index (χ2n) is 2.12. The van der Waals surface area contributed by atoms with Crippen LogP contribution in [0.5, 0.6) is 5.75 Å². The molecule has 72 valence electrons. The first-order valence-corrected chi connectivity index (χ1v) is 4.17. The first kappa shape index (κ1) is 10.6. The Bertz CT molecular complexity index is 310. The molecule has 0 spiro atoms. The highest BCUT2D eigenvalue weighted by molar-refractivity contribution is 14.1. The topological polar surface area (TPSA) is 9.23 Å². The number of benzene rings is 1. The highest BCUT2D eigenvalue weighted by Gasteiger charge is 2.32. The van der Waals surface area contributed by atoms with Gasteiger partial charge in [0.25, 0.3) is 0 Å². The summed E-state index contributed by atoms with van der Waals surface area (Å²) in [6.45, 7) is 0. The van der Waals surface area contributed by atoms with E-state index in [0.717, 1.165) is 12.1 Å². The van der Waals surface area contributed by atoms with Crippen molar-refractivity contribution in [1.29, 1.82) is 0 Å². The molecule has 0 fully saturated rings. The van der Waals surface area contributed by atoms with Crippen molar-refractivity contribution in [1.82, 2.24) is 0 Å². The Morgan fingerprint density at radius 3 is 2.31 bits per heavy atom. The van der Waals surface area contributed by atoms with Gasteiger partial charge in [-0.05, 0) is 40.8 Å². The highest BCUT2D eigenvalue weighted by atomic mass is 127. The summed E-state index contributed by atoms with van der Waals surface area (Å²) in [5, 5.41) is 0. The van der Waals surface area contributed by atoms with E-state index in [9.17, 15) is 17.6 Å². The fraction of sp³-hybridized carbons (Fsp3) is 0.143. The van der Waals surface area contributed by atoms with Gasteiger partial charge in [-0.25, -0.2) is 4.39 Å². The van der Waals surface area contributed by atoms with Gasteiger partial charge in [-0.1, -0.05) is 0 Å². The maximum absolute atomic E-state index is 12.8. The molecule has 0 unspecified atom stereocenters. The third kappa shape index (κ3) is 3.37. The Morgan fingerprint density at radius 1 is 1.23 bits per heavy atom. The molecule has 1 rings (SSSR count). The Balaban J connectivity index is 2.90. The molecule has 0 atom stereocenters. The number of alkyl halides is 3. The number of halogens is 5. The molecular weight excluding hydrogens is 303 g/mol. The Kier molecular flexibility index (Phi) is 2.99. The van der Waals surface area contributed by atoms with Gasteiger partial charge >= 0.3 is 6.36 Å². The van der Waals surface area contributed by atoms with E-state index in [0.29, 0.717) is 3.57 Å². The molecule has 0 radical (unpaired) electrons. The maximum Gasteiger partial charge on any atom is 0.573 e. The molecule has 0 aliphatic heterocycles. The van der Waals surface area contributed by atoms with E-state index < -0.39 is 17.9 Å². The van der Waals surface area contributed by atoms with Crippen LogP contribution in [0.15, 0.2) is 18.2 Å². The van der Waals surface area contributed by atoms with Crippen LogP contribution in [0.25, 0.3) is 0 Å². The summed E-state index contributed by atoms with van der Waals surface area (Å²) in [4.78, 5) is 0. The van der Waals surface area contributed by atoms with Crippen molar-refractivity contribution < 1.29 is 22.3 Å². The van der Waals surface area contributed by atoms with Crippen molar-refractivity contribution >= 4 is 22.6 Å². The minimum Gasteiger partial charge on any atom is -0.403 e. The smallest absolute Gasteiger partial charge is 0.403 e. The molecule has 1 aromatic rings. The quantitative estimate of drug-likeness (QED) is 0.571. The molecule has 0 saturated carbocycles. The summed E-state index contributed by atoms with van der Waals surface area (Å²) in [5.41, 5.74) is 0. The van der Waals surface area contributed by atoms with Crippen LogP contribution in [0.2, 0.25) is 0 Å². The lowest BCUT2D eigenvalue weighted by atomic mass is 10.3. The first-order valence-electron chi connectivity index (χ1n) is 3.09. The number of hydrogen-bond acceptors (Lipinski definition) is 1. The molecular formula is C7H3F4IO. The van der Waals surface area contributed by atoms with Gasteiger partial charge in [-0.3, -0.25) is 0 Å². The van der Waals surface area contributed by atoms with Crippen molar-refractivity contribution in [2.24, 2.45) is 0 Å². The lowest BCUT2D eigenvalue weighted by Gasteiger charge is -2.09. The average molecular weight is 306 g/mol. The molecule has 0 bridgehead atoms. The van der Waals surface area contributed by atoms with Gasteiger partial charge in [0.2, 0.25) is 0 Å². The maximum atomic E-state index is 12.8. The zero-order valence-corrected chi connectivity index (χ0v) is 8.19. The molecule has 0 aliphatic rings. The zero-order chi connectivity index (χ0) is 10.1. The van der Waals surface area contributed by atoms with Crippen molar-refractivity contribution in [3.05, 3.63) is 27.6 Å². The molecule has 6 heteroatoms. The predicted octanol–water partition coefficient (Wildman–Crippen LogP) is 3.33. The normalized spacial score (nSPS) is 11.5. The van der Waals surface area contributed by atoms with Gasteiger partial charge in [0, 0.05) is 3.57 Å². The number of ether oxygens (including phenoxy) is 1.